The largest absolute Gasteiger partial charge is 0.352 e. The summed E-state index contributed by atoms with van der Waals surface area (Å²) in [4.78, 5) is 23.9. The Balaban J connectivity index is 4.05. The zero-order chi connectivity index (χ0) is 11.1. The van der Waals surface area contributed by atoms with E-state index in [2.05, 4.69) is 5.32 Å². The van der Waals surface area contributed by atoms with Crippen LogP contribution in [0.2, 0.25) is 0 Å². The molecular weight excluding hydrogens is 204 g/mol. The summed E-state index contributed by atoms with van der Waals surface area (Å²) in [6.45, 7) is 6.14. The highest BCUT2D eigenvalue weighted by Crippen LogP contribution is 1.92. The molecule has 0 saturated carbocycles. The van der Waals surface area contributed by atoms with Gasteiger partial charge in [0.15, 0.2) is 0 Å². The van der Waals surface area contributed by atoms with E-state index in [1.807, 2.05) is 20.8 Å². The van der Waals surface area contributed by atoms with Gasteiger partial charge in [-0.2, -0.15) is 0 Å². The second-order valence-electron chi connectivity index (χ2n) is 3.26. The van der Waals surface area contributed by atoms with Gasteiger partial charge in [-0.15, -0.1) is 11.6 Å². The van der Waals surface area contributed by atoms with Gasteiger partial charge >= 0.3 is 0 Å². The first-order valence-corrected chi connectivity index (χ1v) is 5.17. The Bertz CT molecular complexity index is 207. The molecule has 0 spiro atoms. The van der Waals surface area contributed by atoms with Crippen molar-refractivity contribution in [2.75, 3.05) is 19.0 Å². The number of carbonyl (C=O) groups is 2. The Morgan fingerprint density at radius 3 is 2.36 bits per heavy atom. The number of amides is 2. The van der Waals surface area contributed by atoms with Crippen molar-refractivity contribution in [3.8, 4) is 0 Å². The van der Waals surface area contributed by atoms with Gasteiger partial charge in [-0.25, -0.2) is 0 Å². The van der Waals surface area contributed by atoms with Crippen LogP contribution in [0.4, 0.5) is 0 Å². The Labute approximate surface area is 89.6 Å². The van der Waals surface area contributed by atoms with E-state index in [1.165, 1.54) is 4.90 Å². The molecule has 0 heterocycles. The molecule has 0 bridgehead atoms. The van der Waals surface area contributed by atoms with Gasteiger partial charge in [0.25, 0.3) is 0 Å². The number of carbonyl (C=O) groups excluding carboxylic acids is 2. The topological polar surface area (TPSA) is 49.4 Å². The Morgan fingerprint density at radius 1 is 1.43 bits per heavy atom. The zero-order valence-electron chi connectivity index (χ0n) is 8.84. The lowest BCUT2D eigenvalue weighted by atomic mass is 10.3. The molecule has 0 unspecified atom stereocenters. The molecule has 0 atom stereocenters. The third-order valence-electron chi connectivity index (χ3n) is 1.63. The number of hydrogen-bond acceptors (Lipinski definition) is 2. The van der Waals surface area contributed by atoms with Gasteiger partial charge in [0.2, 0.25) is 11.8 Å². The summed E-state index contributed by atoms with van der Waals surface area (Å²) in [5.74, 6) is -0.448. The number of likely N-dealkylation sites (N-methyl/N-ethyl adjacent to an activating group) is 1. The van der Waals surface area contributed by atoms with Crippen molar-refractivity contribution >= 4 is 23.4 Å². The van der Waals surface area contributed by atoms with Crippen molar-refractivity contribution in [3.63, 3.8) is 0 Å². The molecule has 1 N–H and O–H groups in total. The minimum Gasteiger partial charge on any atom is -0.352 e. The monoisotopic (exact) mass is 220 g/mol. The molecule has 0 fully saturated rings. The summed E-state index contributed by atoms with van der Waals surface area (Å²) in [5.41, 5.74) is 0. The SMILES string of the molecule is CCN(CC(=O)NC(C)C)C(=O)CCl. The first-order chi connectivity index (χ1) is 6.51. The number of alkyl halides is 1. The van der Waals surface area contributed by atoms with E-state index in [0.717, 1.165) is 0 Å². The van der Waals surface area contributed by atoms with Crippen LogP contribution < -0.4 is 5.32 Å². The lowest BCUT2D eigenvalue weighted by Crippen LogP contribution is -2.43. The molecule has 2 amide bonds. The van der Waals surface area contributed by atoms with E-state index in [4.69, 9.17) is 11.6 Å². The molecule has 82 valence electrons. The van der Waals surface area contributed by atoms with Crippen molar-refractivity contribution in [2.24, 2.45) is 0 Å². The van der Waals surface area contributed by atoms with Crippen LogP contribution in [0.25, 0.3) is 0 Å². The van der Waals surface area contributed by atoms with Gasteiger partial charge in [-0.1, -0.05) is 0 Å². The summed E-state index contributed by atoms with van der Waals surface area (Å²) < 4.78 is 0. The Kier molecular flexibility index (Phi) is 6.28. The van der Waals surface area contributed by atoms with Crippen molar-refractivity contribution in [2.45, 2.75) is 26.8 Å². The van der Waals surface area contributed by atoms with E-state index in [-0.39, 0.29) is 30.3 Å². The van der Waals surface area contributed by atoms with Crippen LogP contribution in [0.15, 0.2) is 0 Å². The minimum absolute atomic E-state index is 0.0806. The highest BCUT2D eigenvalue weighted by Gasteiger charge is 2.14. The van der Waals surface area contributed by atoms with E-state index in [0.29, 0.717) is 6.54 Å². The summed E-state index contributed by atoms with van der Waals surface area (Å²) >= 11 is 5.39. The van der Waals surface area contributed by atoms with Gasteiger partial charge in [-0.3, -0.25) is 9.59 Å². The second-order valence-corrected chi connectivity index (χ2v) is 3.53. The predicted octanol–water partition coefficient (Wildman–Crippen LogP) is 0.598. The van der Waals surface area contributed by atoms with Crippen LogP contribution in [0.3, 0.4) is 0 Å². The molecule has 14 heavy (non-hydrogen) atoms. The average molecular weight is 221 g/mol. The van der Waals surface area contributed by atoms with Crippen LogP contribution in [0.1, 0.15) is 20.8 Å². The Morgan fingerprint density at radius 2 is 2.00 bits per heavy atom. The summed E-state index contributed by atoms with van der Waals surface area (Å²) in [5, 5.41) is 2.71. The summed E-state index contributed by atoms with van der Waals surface area (Å²) in [6.07, 6.45) is 0. The molecule has 4 nitrogen and oxygen atoms in total. The standard InChI is InChI=1S/C9H17ClN2O2/c1-4-12(9(14)5-10)6-8(13)11-7(2)3/h7H,4-6H2,1-3H3,(H,11,13). The van der Waals surface area contributed by atoms with Crippen LogP contribution in [-0.4, -0.2) is 41.7 Å². The maximum Gasteiger partial charge on any atom is 0.239 e. The summed E-state index contributed by atoms with van der Waals surface area (Å²) in [7, 11) is 0. The normalized spacial score (nSPS) is 10.1. The minimum atomic E-state index is -0.215. The maximum atomic E-state index is 11.3. The second kappa shape index (κ2) is 6.65. The fourth-order valence-corrected chi connectivity index (χ4v) is 1.17. The fourth-order valence-electron chi connectivity index (χ4n) is 1.00. The fraction of sp³-hybridized carbons (Fsp3) is 0.778. The van der Waals surface area contributed by atoms with Gasteiger partial charge < -0.3 is 10.2 Å². The number of nitrogens with zero attached hydrogens (tertiary/aromatic N) is 1. The molecule has 0 aromatic carbocycles. The molecule has 0 aliphatic rings. The van der Waals surface area contributed by atoms with Gasteiger partial charge in [0, 0.05) is 12.6 Å². The van der Waals surface area contributed by atoms with Crippen LogP contribution in [-0.2, 0) is 9.59 Å². The molecule has 0 saturated heterocycles. The third kappa shape index (κ3) is 5.07. The molecular formula is C9H17ClN2O2. The van der Waals surface area contributed by atoms with E-state index in [9.17, 15) is 9.59 Å². The zero-order valence-corrected chi connectivity index (χ0v) is 9.60. The molecule has 0 rings (SSSR count). The van der Waals surface area contributed by atoms with Crippen molar-refractivity contribution < 1.29 is 9.59 Å². The molecule has 0 aromatic heterocycles. The number of hydrogen-bond donors (Lipinski definition) is 1. The molecule has 0 aromatic rings. The lowest BCUT2D eigenvalue weighted by Gasteiger charge is -2.19. The van der Waals surface area contributed by atoms with Gasteiger partial charge in [-0.05, 0) is 20.8 Å². The van der Waals surface area contributed by atoms with Gasteiger partial charge in [0.1, 0.15) is 5.88 Å². The van der Waals surface area contributed by atoms with Crippen LogP contribution in [0.5, 0.6) is 0 Å². The highest BCUT2D eigenvalue weighted by molar-refractivity contribution is 6.27. The number of nitrogens with one attached hydrogen (secondary N) is 1. The van der Waals surface area contributed by atoms with Crippen molar-refractivity contribution in [3.05, 3.63) is 0 Å². The van der Waals surface area contributed by atoms with Gasteiger partial charge in [0.05, 0.1) is 6.54 Å². The lowest BCUT2D eigenvalue weighted by molar-refractivity contribution is -0.134. The molecule has 5 heteroatoms. The predicted molar refractivity (Wildman–Crippen MR) is 56.3 cm³/mol. The molecule has 0 aliphatic carbocycles. The first-order valence-electron chi connectivity index (χ1n) is 4.64. The highest BCUT2D eigenvalue weighted by atomic mass is 35.5. The quantitative estimate of drug-likeness (QED) is 0.690. The molecule has 0 radical (unpaired) electrons. The number of halogens is 1. The average Bonchev–Trinajstić information content (AvgIpc) is 2.11. The maximum absolute atomic E-state index is 11.3. The van der Waals surface area contributed by atoms with Crippen molar-refractivity contribution in [1.29, 1.82) is 0 Å². The van der Waals surface area contributed by atoms with Crippen LogP contribution >= 0.6 is 11.6 Å². The van der Waals surface area contributed by atoms with Crippen molar-refractivity contribution in [1.82, 2.24) is 10.2 Å². The smallest absolute Gasteiger partial charge is 0.239 e. The van der Waals surface area contributed by atoms with E-state index < -0.39 is 0 Å². The summed E-state index contributed by atoms with van der Waals surface area (Å²) in [6, 6.07) is 0.0901. The first kappa shape index (κ1) is 13.2. The molecule has 0 aliphatic heterocycles. The van der Waals surface area contributed by atoms with E-state index in [1.54, 1.807) is 0 Å². The third-order valence-corrected chi connectivity index (χ3v) is 1.86. The van der Waals surface area contributed by atoms with Crippen LogP contribution in [0, 0.1) is 0 Å². The number of rotatable bonds is 5. The van der Waals surface area contributed by atoms with E-state index >= 15 is 0 Å². The Hall–Kier alpha value is -0.770.